The molecular weight excluding hydrogens is 314 g/mol. The van der Waals surface area contributed by atoms with Crippen molar-refractivity contribution in [3.8, 4) is 16.9 Å². The fourth-order valence-electron chi connectivity index (χ4n) is 2.86. The molecule has 0 amide bonds. The number of carboxylic acids is 1. The number of anilines is 1. The molecular formula is C20H15N3O2. The summed E-state index contributed by atoms with van der Waals surface area (Å²) in [5.74, 6) is -0.945. The predicted molar refractivity (Wildman–Crippen MR) is 97.9 cm³/mol. The zero-order valence-corrected chi connectivity index (χ0v) is 13.3. The van der Waals surface area contributed by atoms with E-state index >= 15 is 0 Å². The normalized spacial score (nSPS) is 10.9. The maximum atomic E-state index is 11.0. The van der Waals surface area contributed by atoms with Crippen LogP contribution in [0.3, 0.4) is 0 Å². The van der Waals surface area contributed by atoms with Crippen molar-refractivity contribution >= 4 is 22.6 Å². The molecule has 4 rings (SSSR count). The van der Waals surface area contributed by atoms with Gasteiger partial charge < -0.3 is 10.8 Å². The van der Waals surface area contributed by atoms with Crippen molar-refractivity contribution in [1.29, 1.82) is 0 Å². The van der Waals surface area contributed by atoms with Gasteiger partial charge in [-0.1, -0.05) is 30.3 Å². The summed E-state index contributed by atoms with van der Waals surface area (Å²) in [5.41, 5.74) is 10.3. The number of nitrogens with two attached hydrogens (primary N) is 1. The summed E-state index contributed by atoms with van der Waals surface area (Å²) >= 11 is 0. The van der Waals surface area contributed by atoms with Crippen LogP contribution < -0.4 is 5.73 Å². The number of hydrogen-bond acceptors (Lipinski definition) is 3. The van der Waals surface area contributed by atoms with E-state index in [2.05, 4.69) is 0 Å². The first-order valence-electron chi connectivity index (χ1n) is 7.81. The van der Waals surface area contributed by atoms with Gasteiger partial charge in [-0.25, -0.2) is 9.48 Å². The van der Waals surface area contributed by atoms with E-state index in [1.807, 2.05) is 53.2 Å². The molecule has 25 heavy (non-hydrogen) atoms. The summed E-state index contributed by atoms with van der Waals surface area (Å²) in [7, 11) is 0. The molecule has 0 unspecified atom stereocenters. The molecule has 0 saturated carbocycles. The van der Waals surface area contributed by atoms with E-state index in [4.69, 9.17) is 15.9 Å². The number of carbonyl (C=O) groups is 1. The summed E-state index contributed by atoms with van der Waals surface area (Å²) < 4.78 is 1.83. The summed E-state index contributed by atoms with van der Waals surface area (Å²) in [4.78, 5) is 11.0. The number of fused-ring (bicyclic) bond motifs is 1. The number of benzene rings is 3. The number of carboxylic acid groups (broad SMARTS) is 1. The molecule has 0 atom stereocenters. The number of rotatable bonds is 3. The minimum atomic E-state index is -0.945. The van der Waals surface area contributed by atoms with E-state index in [-0.39, 0.29) is 5.56 Å². The first-order valence-corrected chi connectivity index (χ1v) is 7.81. The highest BCUT2D eigenvalue weighted by Crippen LogP contribution is 2.30. The van der Waals surface area contributed by atoms with Gasteiger partial charge >= 0.3 is 5.97 Å². The third-order valence-electron chi connectivity index (χ3n) is 4.13. The van der Waals surface area contributed by atoms with Crippen LogP contribution >= 0.6 is 0 Å². The van der Waals surface area contributed by atoms with Crippen LogP contribution in [0.25, 0.3) is 27.8 Å². The van der Waals surface area contributed by atoms with Gasteiger partial charge in [0.25, 0.3) is 0 Å². The summed E-state index contributed by atoms with van der Waals surface area (Å²) in [5, 5.41) is 14.8. The van der Waals surface area contributed by atoms with E-state index in [9.17, 15) is 4.79 Å². The predicted octanol–water partition coefficient (Wildman–Crippen LogP) is 3.97. The van der Waals surface area contributed by atoms with Crippen LogP contribution in [0.5, 0.6) is 0 Å². The Bertz CT molecular complexity index is 1060. The number of hydrogen-bond donors (Lipinski definition) is 2. The van der Waals surface area contributed by atoms with Crippen molar-refractivity contribution in [2.24, 2.45) is 0 Å². The highest BCUT2D eigenvalue weighted by molar-refractivity contribution is 5.94. The maximum Gasteiger partial charge on any atom is 0.335 e. The molecule has 3 N–H and O–H groups in total. The second kappa shape index (κ2) is 5.79. The van der Waals surface area contributed by atoms with Gasteiger partial charge in [-0.3, -0.25) is 0 Å². The molecule has 0 aliphatic heterocycles. The fourth-order valence-corrected chi connectivity index (χ4v) is 2.86. The van der Waals surface area contributed by atoms with Gasteiger partial charge in [0, 0.05) is 16.6 Å². The molecule has 122 valence electrons. The number of aromatic carboxylic acids is 1. The van der Waals surface area contributed by atoms with Crippen LogP contribution in [0.2, 0.25) is 0 Å². The molecule has 4 aromatic rings. The van der Waals surface area contributed by atoms with Gasteiger partial charge in [-0.05, 0) is 42.5 Å². The van der Waals surface area contributed by atoms with Crippen molar-refractivity contribution in [3.63, 3.8) is 0 Å². The standard InChI is InChI=1S/C20H15N3O2/c21-15-9-5-13(6-10-15)19-17-3-1-2-4-18(17)23(22-19)16-11-7-14(8-12-16)20(24)25/h1-12H,21H2,(H,24,25). The number of aromatic nitrogens is 2. The molecule has 5 heteroatoms. The Hall–Kier alpha value is -3.60. The third kappa shape index (κ3) is 2.61. The average Bonchev–Trinajstić information content (AvgIpc) is 3.02. The lowest BCUT2D eigenvalue weighted by Crippen LogP contribution is -1.99. The molecule has 3 aromatic carbocycles. The Kier molecular flexibility index (Phi) is 3.47. The fraction of sp³-hybridized carbons (Fsp3) is 0. The molecule has 0 spiro atoms. The zero-order valence-electron chi connectivity index (χ0n) is 13.3. The molecule has 0 saturated heterocycles. The van der Waals surface area contributed by atoms with Crippen molar-refractivity contribution in [2.75, 3.05) is 5.73 Å². The van der Waals surface area contributed by atoms with Gasteiger partial charge in [0.05, 0.1) is 16.8 Å². The molecule has 0 fully saturated rings. The SMILES string of the molecule is Nc1ccc(-c2nn(-c3ccc(C(=O)O)cc3)c3ccccc23)cc1. The molecule has 5 nitrogen and oxygen atoms in total. The Morgan fingerprint density at radius 2 is 1.60 bits per heavy atom. The lowest BCUT2D eigenvalue weighted by molar-refractivity contribution is 0.0697. The largest absolute Gasteiger partial charge is 0.478 e. The molecule has 1 aromatic heterocycles. The minimum absolute atomic E-state index is 0.249. The van der Waals surface area contributed by atoms with Crippen molar-refractivity contribution in [2.45, 2.75) is 0 Å². The van der Waals surface area contributed by atoms with Crippen LogP contribution in [-0.2, 0) is 0 Å². The van der Waals surface area contributed by atoms with Gasteiger partial charge in [0.15, 0.2) is 0 Å². The first kappa shape index (κ1) is 15.0. The van der Waals surface area contributed by atoms with Gasteiger partial charge in [0.2, 0.25) is 0 Å². The Morgan fingerprint density at radius 3 is 2.28 bits per heavy atom. The smallest absolute Gasteiger partial charge is 0.335 e. The molecule has 0 bridgehead atoms. The van der Waals surface area contributed by atoms with Gasteiger partial charge in [-0.2, -0.15) is 5.10 Å². The lowest BCUT2D eigenvalue weighted by Gasteiger charge is -2.04. The number of nitrogens with zero attached hydrogens (tertiary/aromatic N) is 2. The molecule has 0 aliphatic rings. The molecule has 0 aliphatic carbocycles. The monoisotopic (exact) mass is 329 g/mol. The van der Waals surface area contributed by atoms with Crippen molar-refractivity contribution in [1.82, 2.24) is 9.78 Å². The van der Waals surface area contributed by atoms with E-state index in [0.29, 0.717) is 5.69 Å². The lowest BCUT2D eigenvalue weighted by atomic mass is 10.1. The van der Waals surface area contributed by atoms with E-state index < -0.39 is 5.97 Å². The zero-order chi connectivity index (χ0) is 17.4. The van der Waals surface area contributed by atoms with E-state index in [1.165, 1.54) is 0 Å². The highest BCUT2D eigenvalue weighted by Gasteiger charge is 2.13. The maximum absolute atomic E-state index is 11.0. The second-order valence-electron chi connectivity index (χ2n) is 5.75. The Balaban J connectivity index is 1.90. The number of nitrogen functional groups attached to an aromatic ring is 1. The first-order chi connectivity index (χ1) is 12.1. The van der Waals surface area contributed by atoms with Crippen molar-refractivity contribution < 1.29 is 9.90 Å². The van der Waals surface area contributed by atoms with Crippen molar-refractivity contribution in [3.05, 3.63) is 78.4 Å². The van der Waals surface area contributed by atoms with Crippen LogP contribution in [0.4, 0.5) is 5.69 Å². The van der Waals surface area contributed by atoms with E-state index in [0.717, 1.165) is 27.8 Å². The van der Waals surface area contributed by atoms with Crippen LogP contribution in [0.1, 0.15) is 10.4 Å². The van der Waals surface area contributed by atoms with Gasteiger partial charge in [-0.15, -0.1) is 0 Å². The minimum Gasteiger partial charge on any atom is -0.478 e. The van der Waals surface area contributed by atoms with Crippen LogP contribution in [-0.4, -0.2) is 20.9 Å². The topological polar surface area (TPSA) is 81.1 Å². The molecule has 0 radical (unpaired) electrons. The average molecular weight is 329 g/mol. The van der Waals surface area contributed by atoms with Gasteiger partial charge in [0.1, 0.15) is 5.69 Å². The number of para-hydroxylation sites is 1. The van der Waals surface area contributed by atoms with E-state index in [1.54, 1.807) is 24.3 Å². The highest BCUT2D eigenvalue weighted by atomic mass is 16.4. The van der Waals surface area contributed by atoms with Crippen LogP contribution in [0.15, 0.2) is 72.8 Å². The summed E-state index contributed by atoms with van der Waals surface area (Å²) in [6.45, 7) is 0. The summed E-state index contributed by atoms with van der Waals surface area (Å²) in [6, 6.07) is 22.2. The third-order valence-corrected chi connectivity index (χ3v) is 4.13. The molecule has 1 heterocycles. The van der Waals surface area contributed by atoms with Crippen LogP contribution in [0, 0.1) is 0 Å². The second-order valence-corrected chi connectivity index (χ2v) is 5.75. The Morgan fingerprint density at radius 1 is 0.920 bits per heavy atom. The quantitative estimate of drug-likeness (QED) is 0.557. The Labute approximate surface area is 143 Å². The summed E-state index contributed by atoms with van der Waals surface area (Å²) in [6.07, 6.45) is 0.